The van der Waals surface area contributed by atoms with E-state index in [0.717, 1.165) is 35.4 Å². The number of nitrogens with one attached hydrogen (secondary N) is 1. The second kappa shape index (κ2) is 4.95. The molecular formula is C14H16N2O. The third-order valence-electron chi connectivity index (χ3n) is 2.94. The van der Waals surface area contributed by atoms with Gasteiger partial charge in [-0.1, -0.05) is 13.0 Å². The molecule has 1 aromatic rings. The number of hydrogen-bond donors (Lipinski definition) is 1. The zero-order chi connectivity index (χ0) is 12.3. The number of allylic oxidation sites excluding steroid dienone is 1. The van der Waals surface area contributed by atoms with Crippen LogP contribution in [0.4, 0.5) is 5.69 Å². The summed E-state index contributed by atoms with van der Waals surface area (Å²) in [6.45, 7) is 4.07. The molecule has 1 unspecified atom stereocenters. The molecule has 0 aromatic heterocycles. The van der Waals surface area contributed by atoms with Crippen molar-refractivity contribution in [2.24, 2.45) is 10.9 Å². The number of carbonyl (C=O) groups is 1. The highest BCUT2D eigenvalue weighted by atomic mass is 16.1. The van der Waals surface area contributed by atoms with E-state index in [1.165, 1.54) is 0 Å². The molecule has 1 aromatic carbocycles. The lowest BCUT2D eigenvalue weighted by atomic mass is 10.0. The molecule has 0 radical (unpaired) electrons. The molecule has 0 saturated heterocycles. The van der Waals surface area contributed by atoms with Gasteiger partial charge in [-0.05, 0) is 37.1 Å². The summed E-state index contributed by atoms with van der Waals surface area (Å²) in [4.78, 5) is 15.1. The van der Waals surface area contributed by atoms with Crippen LogP contribution in [0.2, 0.25) is 0 Å². The minimum atomic E-state index is 0.408. The third kappa shape index (κ3) is 2.61. The highest BCUT2D eigenvalue weighted by Gasteiger charge is 2.12. The van der Waals surface area contributed by atoms with Crippen LogP contribution < -0.4 is 5.32 Å². The van der Waals surface area contributed by atoms with Crippen molar-refractivity contribution in [3.63, 3.8) is 0 Å². The summed E-state index contributed by atoms with van der Waals surface area (Å²) in [5, 5.41) is 3.31. The molecule has 0 spiro atoms. The van der Waals surface area contributed by atoms with Crippen molar-refractivity contribution in [2.75, 3.05) is 5.32 Å². The van der Waals surface area contributed by atoms with Crippen LogP contribution in [0.15, 0.2) is 35.5 Å². The minimum absolute atomic E-state index is 0.408. The maximum absolute atomic E-state index is 10.7. The lowest BCUT2D eigenvalue weighted by Gasteiger charge is -2.17. The fourth-order valence-electron chi connectivity index (χ4n) is 1.83. The normalized spacial score (nSPS) is 18.7. The average Bonchev–Trinajstić information content (AvgIpc) is 2.32. The van der Waals surface area contributed by atoms with Gasteiger partial charge >= 0.3 is 0 Å². The van der Waals surface area contributed by atoms with Gasteiger partial charge in [0.2, 0.25) is 0 Å². The molecular weight excluding hydrogens is 212 g/mol. The van der Waals surface area contributed by atoms with E-state index in [2.05, 4.69) is 23.3 Å². The average molecular weight is 228 g/mol. The van der Waals surface area contributed by atoms with E-state index >= 15 is 0 Å². The smallest absolute Gasteiger partial charge is 0.150 e. The van der Waals surface area contributed by atoms with Crippen LogP contribution in [0.25, 0.3) is 0 Å². The first-order chi connectivity index (χ1) is 8.20. The number of nitrogens with zero attached hydrogens (tertiary/aromatic N) is 1. The third-order valence-corrected chi connectivity index (χ3v) is 2.94. The van der Waals surface area contributed by atoms with Crippen molar-refractivity contribution in [3.05, 3.63) is 41.6 Å². The maximum Gasteiger partial charge on any atom is 0.150 e. The van der Waals surface area contributed by atoms with Crippen LogP contribution in [0, 0.1) is 12.8 Å². The van der Waals surface area contributed by atoms with Gasteiger partial charge in [0, 0.05) is 23.4 Å². The molecule has 1 aliphatic rings. The van der Waals surface area contributed by atoms with Crippen LogP contribution in [-0.2, 0) is 0 Å². The Bertz CT molecular complexity index is 489. The molecule has 1 heterocycles. The van der Waals surface area contributed by atoms with E-state index in [4.69, 9.17) is 0 Å². The molecule has 2 rings (SSSR count). The van der Waals surface area contributed by atoms with Crippen molar-refractivity contribution < 1.29 is 4.79 Å². The fourth-order valence-corrected chi connectivity index (χ4v) is 1.83. The summed E-state index contributed by atoms with van der Waals surface area (Å²) in [5.74, 6) is 1.39. The van der Waals surface area contributed by atoms with Crippen LogP contribution in [0.3, 0.4) is 0 Å². The fraction of sp³-hybridized carbons (Fsp3) is 0.286. The van der Waals surface area contributed by atoms with Crippen molar-refractivity contribution in [2.45, 2.75) is 20.3 Å². The first kappa shape index (κ1) is 11.6. The second-order valence-corrected chi connectivity index (χ2v) is 4.35. The topological polar surface area (TPSA) is 41.5 Å². The molecule has 0 saturated carbocycles. The van der Waals surface area contributed by atoms with Crippen LogP contribution in [0.5, 0.6) is 0 Å². The molecule has 3 nitrogen and oxygen atoms in total. The van der Waals surface area contributed by atoms with Crippen LogP contribution in [0.1, 0.15) is 29.3 Å². The lowest BCUT2D eigenvalue weighted by Crippen LogP contribution is -2.21. The quantitative estimate of drug-likeness (QED) is 0.790. The van der Waals surface area contributed by atoms with Gasteiger partial charge in [0.1, 0.15) is 12.1 Å². The van der Waals surface area contributed by atoms with Gasteiger partial charge in [-0.15, -0.1) is 0 Å². The first-order valence-corrected chi connectivity index (χ1v) is 5.76. The largest absolute Gasteiger partial charge is 0.344 e. The number of aldehydes is 1. The van der Waals surface area contributed by atoms with E-state index in [1.54, 1.807) is 0 Å². The number of benzene rings is 1. The number of aryl methyl sites for hydroxylation is 1. The molecule has 3 heteroatoms. The Morgan fingerprint density at radius 2 is 2.29 bits per heavy atom. The zero-order valence-electron chi connectivity index (χ0n) is 10.1. The number of anilines is 1. The Balaban J connectivity index is 2.19. The monoisotopic (exact) mass is 228 g/mol. The molecule has 0 fully saturated rings. The minimum Gasteiger partial charge on any atom is -0.344 e. The molecule has 0 amide bonds. The first-order valence-electron chi connectivity index (χ1n) is 5.76. The Hall–Kier alpha value is -1.90. The van der Waals surface area contributed by atoms with E-state index in [1.807, 2.05) is 31.3 Å². The summed E-state index contributed by atoms with van der Waals surface area (Å²) >= 11 is 0. The predicted molar refractivity (Wildman–Crippen MR) is 70.5 cm³/mol. The molecule has 0 bridgehead atoms. The van der Waals surface area contributed by atoms with Gasteiger partial charge < -0.3 is 5.32 Å². The number of aliphatic imine (C=N–C) groups is 1. The highest BCUT2D eigenvalue weighted by molar-refractivity contribution is 5.98. The Morgan fingerprint density at radius 1 is 1.47 bits per heavy atom. The summed E-state index contributed by atoms with van der Waals surface area (Å²) in [5.41, 5.74) is 2.69. The van der Waals surface area contributed by atoms with Crippen molar-refractivity contribution in [1.29, 1.82) is 0 Å². The van der Waals surface area contributed by atoms with Gasteiger partial charge in [-0.25, -0.2) is 4.99 Å². The standard InChI is InChI=1S/C14H16N2O/c1-10-4-3-7-15-14(10)16-13-6-5-12(9-17)11(2)8-13/h3,5-10H,4H2,1-2H3,(H,15,16). The Morgan fingerprint density at radius 3 is 2.94 bits per heavy atom. The molecule has 0 aliphatic carbocycles. The second-order valence-electron chi connectivity index (χ2n) is 4.35. The Kier molecular flexibility index (Phi) is 3.38. The Labute approximate surface area is 101 Å². The number of amidine groups is 1. The molecule has 88 valence electrons. The summed E-state index contributed by atoms with van der Waals surface area (Å²) < 4.78 is 0. The van der Waals surface area contributed by atoms with Gasteiger partial charge in [-0.3, -0.25) is 4.79 Å². The molecule has 1 atom stereocenters. The van der Waals surface area contributed by atoms with Crippen molar-refractivity contribution in [1.82, 2.24) is 0 Å². The van der Waals surface area contributed by atoms with Crippen molar-refractivity contribution >= 4 is 17.8 Å². The van der Waals surface area contributed by atoms with E-state index in [0.29, 0.717) is 5.92 Å². The zero-order valence-corrected chi connectivity index (χ0v) is 10.1. The number of carbonyl (C=O) groups excluding carboxylic acids is 1. The molecule has 17 heavy (non-hydrogen) atoms. The van der Waals surface area contributed by atoms with Gasteiger partial charge in [0.25, 0.3) is 0 Å². The SMILES string of the molecule is Cc1cc(NC2=NC=CCC2C)ccc1C=O. The predicted octanol–water partition coefficient (Wildman–Crippen LogP) is 3.17. The van der Waals surface area contributed by atoms with E-state index in [9.17, 15) is 4.79 Å². The number of hydrogen-bond acceptors (Lipinski definition) is 3. The van der Waals surface area contributed by atoms with Crippen LogP contribution in [-0.4, -0.2) is 12.1 Å². The van der Waals surface area contributed by atoms with Crippen molar-refractivity contribution in [3.8, 4) is 0 Å². The van der Waals surface area contributed by atoms with Gasteiger partial charge in [0.05, 0.1) is 0 Å². The summed E-state index contributed by atoms with van der Waals surface area (Å²) in [6, 6.07) is 5.70. The lowest BCUT2D eigenvalue weighted by molar-refractivity contribution is 0.112. The van der Waals surface area contributed by atoms with E-state index < -0.39 is 0 Å². The molecule has 1 aliphatic heterocycles. The van der Waals surface area contributed by atoms with Crippen LogP contribution >= 0.6 is 0 Å². The molecule has 1 N–H and O–H groups in total. The summed E-state index contributed by atoms with van der Waals surface area (Å²) in [7, 11) is 0. The van der Waals surface area contributed by atoms with Gasteiger partial charge in [0.15, 0.2) is 0 Å². The highest BCUT2D eigenvalue weighted by Crippen LogP contribution is 2.17. The summed E-state index contributed by atoms with van der Waals surface area (Å²) in [6.07, 6.45) is 5.78. The van der Waals surface area contributed by atoms with Gasteiger partial charge in [-0.2, -0.15) is 0 Å². The number of rotatable bonds is 2. The maximum atomic E-state index is 10.7. The van der Waals surface area contributed by atoms with E-state index in [-0.39, 0.29) is 0 Å².